The first-order chi connectivity index (χ1) is 3.85. The van der Waals surface area contributed by atoms with E-state index in [1.54, 1.807) is 6.92 Å². The minimum Gasteiger partial charge on any atom is -0.772 e. The number of hydrogen-bond donors (Lipinski definition) is 0. The van der Waals surface area contributed by atoms with Gasteiger partial charge < -0.3 is 4.55 Å². The third kappa shape index (κ3) is 3.13. The zero-order valence-electron chi connectivity index (χ0n) is 6.30. The molecule has 0 amide bonds. The largest absolute Gasteiger partial charge is 0.772 e. The first-order valence-corrected chi connectivity index (χ1v) is 7.65. The van der Waals surface area contributed by atoms with Gasteiger partial charge in [-0.15, -0.1) is 0 Å². The molecule has 2 unspecified atom stereocenters. The van der Waals surface area contributed by atoms with Gasteiger partial charge in [0.15, 0.2) is 0 Å². The van der Waals surface area contributed by atoms with Gasteiger partial charge in [-0.3, -0.25) is 4.21 Å². The van der Waals surface area contributed by atoms with Crippen LogP contribution in [0.15, 0.2) is 0 Å². The van der Waals surface area contributed by atoms with Crippen LogP contribution in [0.2, 0.25) is 19.6 Å². The summed E-state index contributed by atoms with van der Waals surface area (Å²) in [6.45, 7) is 7.92. The molecule has 0 saturated carbocycles. The molecule has 0 heterocycles. The average molecular weight is 165 g/mol. The summed E-state index contributed by atoms with van der Waals surface area (Å²) in [7, 11) is -1.44. The molecular weight excluding hydrogens is 152 g/mol. The normalized spacial score (nSPS) is 19.2. The summed E-state index contributed by atoms with van der Waals surface area (Å²) in [5, 5.41) is 0. The van der Waals surface area contributed by atoms with E-state index in [9.17, 15) is 8.76 Å². The molecule has 0 rings (SSSR count). The molecule has 0 N–H and O–H groups in total. The van der Waals surface area contributed by atoms with Crippen LogP contribution in [-0.4, -0.2) is 21.7 Å². The van der Waals surface area contributed by atoms with E-state index in [-0.39, 0.29) is 4.87 Å². The highest BCUT2D eigenvalue weighted by Crippen LogP contribution is 2.11. The van der Waals surface area contributed by atoms with Crippen LogP contribution >= 0.6 is 0 Å². The van der Waals surface area contributed by atoms with Gasteiger partial charge in [0.2, 0.25) is 0 Å². The van der Waals surface area contributed by atoms with Crippen molar-refractivity contribution in [3.05, 3.63) is 0 Å². The van der Waals surface area contributed by atoms with Crippen molar-refractivity contribution in [2.75, 3.05) is 0 Å². The Morgan fingerprint density at radius 1 is 1.44 bits per heavy atom. The van der Waals surface area contributed by atoms with Gasteiger partial charge in [-0.1, -0.05) is 37.6 Å². The molecule has 0 aliphatic carbocycles. The van der Waals surface area contributed by atoms with Crippen molar-refractivity contribution < 1.29 is 8.76 Å². The predicted octanol–water partition coefficient (Wildman–Crippen LogP) is 1.13. The van der Waals surface area contributed by atoms with Crippen LogP contribution in [-0.2, 0) is 11.1 Å². The lowest BCUT2D eigenvalue weighted by Crippen LogP contribution is -2.38. The zero-order valence-corrected chi connectivity index (χ0v) is 8.12. The van der Waals surface area contributed by atoms with Crippen molar-refractivity contribution >= 4 is 19.2 Å². The second-order valence-corrected chi connectivity index (χ2v) is 10.5. The van der Waals surface area contributed by atoms with Gasteiger partial charge >= 0.3 is 0 Å². The molecule has 0 spiro atoms. The third-order valence-electron chi connectivity index (χ3n) is 1.51. The molecule has 0 aromatic rings. The maximum atomic E-state index is 10.4. The standard InChI is InChI=1S/C5H14O2SSi/c1-5(8(6)7)9(2,3)4/h5H,1-4H3,(H,6,7)/p-1. The fourth-order valence-corrected chi connectivity index (χ4v) is 2.60. The van der Waals surface area contributed by atoms with Gasteiger partial charge in [-0.2, -0.15) is 0 Å². The van der Waals surface area contributed by atoms with Crippen molar-refractivity contribution in [3.8, 4) is 0 Å². The Morgan fingerprint density at radius 3 is 1.78 bits per heavy atom. The highest BCUT2D eigenvalue weighted by molar-refractivity contribution is 7.82. The summed E-state index contributed by atoms with van der Waals surface area (Å²) >= 11 is -1.87. The molecule has 0 fully saturated rings. The van der Waals surface area contributed by atoms with Crippen LogP contribution in [0.3, 0.4) is 0 Å². The first kappa shape index (κ1) is 9.33. The maximum absolute atomic E-state index is 10.4. The molecule has 56 valence electrons. The van der Waals surface area contributed by atoms with E-state index in [1.165, 1.54) is 0 Å². The highest BCUT2D eigenvalue weighted by Gasteiger charge is 2.22. The number of rotatable bonds is 2. The third-order valence-corrected chi connectivity index (χ3v) is 7.22. The van der Waals surface area contributed by atoms with Gasteiger partial charge in [0.05, 0.1) is 8.07 Å². The second kappa shape index (κ2) is 2.94. The van der Waals surface area contributed by atoms with E-state index >= 15 is 0 Å². The molecule has 0 aromatic carbocycles. The Hall–Kier alpha value is 0.327. The monoisotopic (exact) mass is 165 g/mol. The minimum atomic E-state index is -1.87. The Bertz CT molecular complexity index is 119. The Kier molecular flexibility index (Phi) is 3.05. The van der Waals surface area contributed by atoms with Crippen molar-refractivity contribution in [3.63, 3.8) is 0 Å². The fraction of sp³-hybridized carbons (Fsp3) is 1.00. The van der Waals surface area contributed by atoms with Crippen LogP contribution in [0, 0.1) is 0 Å². The molecule has 2 atom stereocenters. The van der Waals surface area contributed by atoms with Gasteiger partial charge in [0, 0.05) is 4.87 Å². The lowest BCUT2D eigenvalue weighted by Gasteiger charge is -2.26. The van der Waals surface area contributed by atoms with E-state index in [4.69, 9.17) is 0 Å². The lowest BCUT2D eigenvalue weighted by molar-refractivity contribution is 0.534. The summed E-state index contributed by atoms with van der Waals surface area (Å²) < 4.78 is 20.8. The van der Waals surface area contributed by atoms with Crippen LogP contribution in [0.25, 0.3) is 0 Å². The fourth-order valence-electron chi connectivity index (χ4n) is 0.289. The van der Waals surface area contributed by atoms with Crippen molar-refractivity contribution in [1.82, 2.24) is 0 Å². The minimum absolute atomic E-state index is 0.127. The first-order valence-electron chi connectivity index (χ1n) is 2.94. The van der Waals surface area contributed by atoms with Crippen LogP contribution in [0.1, 0.15) is 6.92 Å². The Balaban J connectivity index is 4.04. The van der Waals surface area contributed by atoms with Gasteiger partial charge in [-0.05, 0) is 0 Å². The topological polar surface area (TPSA) is 40.1 Å². The molecule has 4 heteroatoms. The summed E-state index contributed by atoms with van der Waals surface area (Å²) in [6, 6.07) is 0. The molecule has 0 aliphatic rings. The van der Waals surface area contributed by atoms with Crippen molar-refractivity contribution in [2.45, 2.75) is 31.4 Å². The summed E-state index contributed by atoms with van der Waals surface area (Å²) in [4.78, 5) is -0.127. The van der Waals surface area contributed by atoms with Crippen LogP contribution in [0.4, 0.5) is 0 Å². The molecule has 0 aliphatic heterocycles. The van der Waals surface area contributed by atoms with E-state index < -0.39 is 19.2 Å². The lowest BCUT2D eigenvalue weighted by atomic mass is 11.0. The molecule has 0 bridgehead atoms. The number of hydrogen-bond acceptors (Lipinski definition) is 2. The Labute approximate surface area is 60.0 Å². The summed E-state index contributed by atoms with van der Waals surface area (Å²) in [5.41, 5.74) is 0. The van der Waals surface area contributed by atoms with E-state index in [1.807, 2.05) is 19.6 Å². The van der Waals surface area contributed by atoms with Crippen LogP contribution in [0.5, 0.6) is 0 Å². The van der Waals surface area contributed by atoms with E-state index in [0.29, 0.717) is 0 Å². The molecule has 9 heavy (non-hydrogen) atoms. The van der Waals surface area contributed by atoms with Gasteiger partial charge in [0.25, 0.3) is 0 Å². The SMILES string of the molecule is CC(S(=O)[O-])[Si](C)(C)C. The van der Waals surface area contributed by atoms with Gasteiger partial charge in [-0.25, -0.2) is 0 Å². The smallest absolute Gasteiger partial charge is 0.0601 e. The molecule has 0 saturated heterocycles. The van der Waals surface area contributed by atoms with E-state index in [2.05, 4.69) is 0 Å². The van der Waals surface area contributed by atoms with E-state index in [0.717, 1.165) is 0 Å². The zero-order chi connectivity index (χ0) is 7.65. The molecule has 0 radical (unpaired) electrons. The summed E-state index contributed by atoms with van der Waals surface area (Å²) in [5.74, 6) is 0. The summed E-state index contributed by atoms with van der Waals surface area (Å²) in [6.07, 6.45) is 0. The molecule has 0 aromatic heterocycles. The van der Waals surface area contributed by atoms with Crippen molar-refractivity contribution in [2.24, 2.45) is 0 Å². The molecular formula is C5H13O2SSi-. The average Bonchev–Trinajstić information content (AvgIpc) is 1.62. The van der Waals surface area contributed by atoms with Crippen molar-refractivity contribution in [1.29, 1.82) is 0 Å². The van der Waals surface area contributed by atoms with Crippen LogP contribution < -0.4 is 0 Å². The second-order valence-electron chi connectivity index (χ2n) is 3.27. The highest BCUT2D eigenvalue weighted by atomic mass is 32.2. The Morgan fingerprint density at radius 2 is 1.78 bits per heavy atom. The quantitative estimate of drug-likeness (QED) is 0.454. The van der Waals surface area contributed by atoms with Gasteiger partial charge in [0.1, 0.15) is 0 Å². The predicted molar refractivity (Wildman–Crippen MR) is 41.7 cm³/mol. The molecule has 2 nitrogen and oxygen atoms in total. The maximum Gasteiger partial charge on any atom is 0.0601 e.